The zero-order chi connectivity index (χ0) is 17.1. The number of hydrogen-bond acceptors (Lipinski definition) is 2. The average Bonchev–Trinajstić information content (AvgIpc) is 2.60. The van der Waals surface area contributed by atoms with Crippen LogP contribution in [0, 0.1) is 6.57 Å². The van der Waals surface area contributed by atoms with E-state index in [0.717, 1.165) is 21.9 Å². The molecule has 0 aliphatic carbocycles. The molecule has 1 heterocycles. The standard InChI is InChI=1S/C18H13N5O/c1-21-16-10-12(7-8-22-16)14-4-2-3-11-5-6-13(9-15(11)14)17(24)23-18(19)20/h2-10H,(H4,19,20,23,24). The summed E-state index contributed by atoms with van der Waals surface area (Å²) in [7, 11) is 0. The summed E-state index contributed by atoms with van der Waals surface area (Å²) in [4.78, 5) is 23.0. The van der Waals surface area contributed by atoms with E-state index in [0.29, 0.717) is 11.4 Å². The van der Waals surface area contributed by atoms with Crippen LogP contribution in [0.25, 0.3) is 26.7 Å². The van der Waals surface area contributed by atoms with E-state index in [1.165, 1.54) is 0 Å². The van der Waals surface area contributed by atoms with Gasteiger partial charge in [0.2, 0.25) is 0 Å². The Labute approximate surface area is 138 Å². The van der Waals surface area contributed by atoms with Gasteiger partial charge in [-0.3, -0.25) is 4.79 Å². The number of nitrogens with zero attached hydrogens (tertiary/aromatic N) is 3. The van der Waals surface area contributed by atoms with Gasteiger partial charge >= 0.3 is 0 Å². The molecule has 0 saturated carbocycles. The van der Waals surface area contributed by atoms with Gasteiger partial charge in [0.1, 0.15) is 6.20 Å². The van der Waals surface area contributed by atoms with Crippen LogP contribution in [0.1, 0.15) is 10.4 Å². The highest BCUT2D eigenvalue weighted by molar-refractivity contribution is 6.06. The third-order valence-corrected chi connectivity index (χ3v) is 3.53. The zero-order valence-corrected chi connectivity index (χ0v) is 12.6. The lowest BCUT2D eigenvalue weighted by molar-refractivity contribution is 0.100. The molecule has 24 heavy (non-hydrogen) atoms. The molecule has 3 aromatic rings. The molecule has 0 fully saturated rings. The van der Waals surface area contributed by atoms with Crippen molar-refractivity contribution in [3.05, 3.63) is 71.7 Å². The van der Waals surface area contributed by atoms with Crippen LogP contribution in [0.2, 0.25) is 0 Å². The normalized spacial score (nSPS) is 10.1. The van der Waals surface area contributed by atoms with Crippen LogP contribution < -0.4 is 11.5 Å². The van der Waals surface area contributed by atoms with Crippen LogP contribution in [-0.2, 0) is 0 Å². The summed E-state index contributed by atoms with van der Waals surface area (Å²) in [5.41, 5.74) is 12.7. The molecule has 0 radical (unpaired) electrons. The Morgan fingerprint density at radius 3 is 2.71 bits per heavy atom. The van der Waals surface area contributed by atoms with E-state index >= 15 is 0 Å². The molecule has 6 heteroatoms. The fraction of sp³-hybridized carbons (Fsp3) is 0. The maximum absolute atomic E-state index is 12.0. The van der Waals surface area contributed by atoms with Crippen molar-refractivity contribution in [2.45, 2.75) is 0 Å². The third kappa shape index (κ3) is 2.91. The summed E-state index contributed by atoms with van der Waals surface area (Å²) in [5.74, 6) is -0.454. The van der Waals surface area contributed by atoms with Crippen molar-refractivity contribution in [3.63, 3.8) is 0 Å². The lowest BCUT2D eigenvalue weighted by Gasteiger charge is -2.08. The SMILES string of the molecule is [C-]#[N+]c1cc(-c2cccc3ccc(C(=O)N=C(N)N)cc23)ccn1. The number of carbonyl (C=O) groups excluding carboxylic acids is 1. The van der Waals surface area contributed by atoms with Gasteiger partial charge in [0.15, 0.2) is 5.96 Å². The maximum Gasteiger partial charge on any atom is 0.280 e. The lowest BCUT2D eigenvalue weighted by Crippen LogP contribution is -2.24. The highest BCUT2D eigenvalue weighted by Gasteiger charge is 2.10. The van der Waals surface area contributed by atoms with Crippen molar-refractivity contribution >= 4 is 28.5 Å². The van der Waals surface area contributed by atoms with Gasteiger partial charge in [-0.05, 0) is 46.2 Å². The Bertz CT molecular complexity index is 1010. The van der Waals surface area contributed by atoms with E-state index in [4.69, 9.17) is 18.0 Å². The number of guanidine groups is 1. The van der Waals surface area contributed by atoms with E-state index in [-0.39, 0.29) is 5.96 Å². The molecule has 0 aliphatic heterocycles. The summed E-state index contributed by atoms with van der Waals surface area (Å²) in [6.45, 7) is 7.10. The first kappa shape index (κ1) is 15.2. The molecular formula is C18H13N5O. The number of aliphatic imine (C=N–C) groups is 1. The van der Waals surface area contributed by atoms with Crippen molar-refractivity contribution in [2.75, 3.05) is 0 Å². The molecule has 0 atom stereocenters. The molecule has 1 amide bonds. The second-order valence-corrected chi connectivity index (χ2v) is 5.10. The van der Waals surface area contributed by atoms with Crippen molar-refractivity contribution in [1.29, 1.82) is 0 Å². The Balaban J connectivity index is 2.20. The number of fused-ring (bicyclic) bond motifs is 1. The van der Waals surface area contributed by atoms with Gasteiger partial charge in [0.05, 0.1) is 0 Å². The van der Waals surface area contributed by atoms with Crippen molar-refractivity contribution < 1.29 is 4.79 Å². The number of hydrogen-bond donors (Lipinski definition) is 2. The minimum atomic E-state index is -0.497. The topological polar surface area (TPSA) is 98.7 Å². The largest absolute Gasteiger partial charge is 0.370 e. The molecule has 0 aliphatic rings. The van der Waals surface area contributed by atoms with Crippen molar-refractivity contribution in [3.8, 4) is 11.1 Å². The molecule has 2 aromatic carbocycles. The molecule has 6 nitrogen and oxygen atoms in total. The number of benzene rings is 2. The number of carbonyl (C=O) groups is 1. The van der Waals surface area contributed by atoms with Crippen LogP contribution >= 0.6 is 0 Å². The monoisotopic (exact) mass is 315 g/mol. The number of pyridine rings is 1. The van der Waals surface area contributed by atoms with E-state index in [1.807, 2.05) is 30.3 Å². The van der Waals surface area contributed by atoms with Crippen molar-refractivity contribution in [2.24, 2.45) is 16.5 Å². The van der Waals surface area contributed by atoms with Crippen LogP contribution in [-0.4, -0.2) is 16.9 Å². The summed E-state index contributed by atoms with van der Waals surface area (Å²) in [6.07, 6.45) is 1.59. The summed E-state index contributed by atoms with van der Waals surface area (Å²) < 4.78 is 0. The molecule has 0 spiro atoms. The Hall–Kier alpha value is -3.72. The Morgan fingerprint density at radius 1 is 1.12 bits per heavy atom. The highest BCUT2D eigenvalue weighted by atomic mass is 16.1. The fourth-order valence-corrected chi connectivity index (χ4v) is 2.49. The fourth-order valence-electron chi connectivity index (χ4n) is 2.49. The van der Waals surface area contributed by atoms with Gasteiger partial charge in [0.25, 0.3) is 11.7 Å². The number of rotatable bonds is 2. The predicted molar refractivity (Wildman–Crippen MR) is 93.6 cm³/mol. The van der Waals surface area contributed by atoms with Gasteiger partial charge in [-0.2, -0.15) is 4.99 Å². The molecular weight excluding hydrogens is 302 g/mol. The first-order chi connectivity index (χ1) is 11.6. The first-order valence-corrected chi connectivity index (χ1v) is 7.09. The van der Waals surface area contributed by atoms with Gasteiger partial charge in [-0.15, -0.1) is 4.98 Å². The second kappa shape index (κ2) is 6.18. The Morgan fingerprint density at radius 2 is 1.96 bits per heavy atom. The number of aromatic nitrogens is 1. The average molecular weight is 315 g/mol. The van der Waals surface area contributed by atoms with E-state index in [1.54, 1.807) is 24.4 Å². The van der Waals surface area contributed by atoms with Gasteiger partial charge in [-0.25, -0.2) is 0 Å². The number of nitrogens with two attached hydrogens (primary N) is 2. The first-order valence-electron chi connectivity index (χ1n) is 7.09. The number of amides is 1. The van der Waals surface area contributed by atoms with E-state index in [9.17, 15) is 4.79 Å². The molecule has 4 N–H and O–H groups in total. The smallest absolute Gasteiger partial charge is 0.280 e. The molecule has 0 unspecified atom stereocenters. The van der Waals surface area contributed by atoms with E-state index < -0.39 is 5.91 Å². The van der Waals surface area contributed by atoms with Crippen LogP contribution in [0.3, 0.4) is 0 Å². The van der Waals surface area contributed by atoms with Crippen LogP contribution in [0.4, 0.5) is 5.82 Å². The summed E-state index contributed by atoms with van der Waals surface area (Å²) in [6, 6.07) is 14.6. The molecule has 116 valence electrons. The van der Waals surface area contributed by atoms with Crippen molar-refractivity contribution in [1.82, 2.24) is 4.98 Å². The third-order valence-electron chi connectivity index (χ3n) is 3.53. The molecule has 1 aromatic heterocycles. The second-order valence-electron chi connectivity index (χ2n) is 5.10. The lowest BCUT2D eigenvalue weighted by atomic mass is 9.97. The van der Waals surface area contributed by atoms with Gasteiger partial charge in [0, 0.05) is 5.56 Å². The Kier molecular flexibility index (Phi) is 3.91. The minimum absolute atomic E-state index is 0.274. The molecule has 0 saturated heterocycles. The minimum Gasteiger partial charge on any atom is -0.370 e. The van der Waals surface area contributed by atoms with Crippen LogP contribution in [0.15, 0.2) is 59.7 Å². The van der Waals surface area contributed by atoms with Gasteiger partial charge < -0.3 is 16.3 Å². The predicted octanol–water partition coefficient (Wildman–Crippen LogP) is 2.87. The zero-order valence-electron chi connectivity index (χ0n) is 12.6. The summed E-state index contributed by atoms with van der Waals surface area (Å²) in [5, 5.41) is 1.84. The van der Waals surface area contributed by atoms with Gasteiger partial charge in [-0.1, -0.05) is 30.8 Å². The maximum atomic E-state index is 12.0. The van der Waals surface area contributed by atoms with E-state index in [2.05, 4.69) is 14.8 Å². The highest BCUT2D eigenvalue weighted by Crippen LogP contribution is 2.30. The van der Waals surface area contributed by atoms with Crippen LogP contribution in [0.5, 0.6) is 0 Å². The molecule has 0 bridgehead atoms. The quantitative estimate of drug-likeness (QED) is 0.431. The molecule has 3 rings (SSSR count). The summed E-state index contributed by atoms with van der Waals surface area (Å²) >= 11 is 0.